The van der Waals surface area contributed by atoms with E-state index in [-0.39, 0.29) is 11.7 Å². The fourth-order valence-corrected chi connectivity index (χ4v) is 3.05. The third-order valence-electron chi connectivity index (χ3n) is 3.68. The number of benzene rings is 2. The summed E-state index contributed by atoms with van der Waals surface area (Å²) in [5, 5.41) is 9.55. The standard InChI is InChI=1S/C19H19FN4O2S/c1-3-26-14-10-8-13(9-11-14)21-18(25)12(2)27-19-22-17(23-24-19)15-6-4-5-7-16(15)20/h4-12H,3H2,1-2H3,(H,21,25)(H,22,23,24). The molecule has 8 heteroatoms. The minimum Gasteiger partial charge on any atom is -0.494 e. The number of H-pyrrole nitrogens is 1. The van der Waals surface area contributed by atoms with Gasteiger partial charge in [-0.05, 0) is 50.2 Å². The zero-order valence-corrected chi connectivity index (χ0v) is 15.7. The molecule has 27 heavy (non-hydrogen) atoms. The predicted octanol–water partition coefficient (Wildman–Crippen LogP) is 4.13. The van der Waals surface area contributed by atoms with Gasteiger partial charge in [-0.3, -0.25) is 9.89 Å². The molecule has 140 valence electrons. The molecule has 0 saturated carbocycles. The molecular weight excluding hydrogens is 367 g/mol. The van der Waals surface area contributed by atoms with Crippen LogP contribution in [0.4, 0.5) is 10.1 Å². The Hall–Kier alpha value is -2.87. The molecule has 1 heterocycles. The van der Waals surface area contributed by atoms with Crippen molar-refractivity contribution >= 4 is 23.4 Å². The van der Waals surface area contributed by atoms with E-state index in [1.807, 2.05) is 6.92 Å². The fourth-order valence-electron chi connectivity index (χ4n) is 2.33. The Balaban J connectivity index is 1.61. The van der Waals surface area contributed by atoms with E-state index in [2.05, 4.69) is 20.5 Å². The second-order valence-corrected chi connectivity index (χ2v) is 6.96. The van der Waals surface area contributed by atoms with Gasteiger partial charge in [-0.25, -0.2) is 9.37 Å². The average molecular weight is 386 g/mol. The molecule has 0 fully saturated rings. The van der Waals surface area contributed by atoms with Gasteiger partial charge in [0.15, 0.2) is 5.82 Å². The smallest absolute Gasteiger partial charge is 0.237 e. The van der Waals surface area contributed by atoms with E-state index in [0.29, 0.717) is 28.8 Å². The normalized spacial score (nSPS) is 11.8. The monoisotopic (exact) mass is 386 g/mol. The molecule has 2 aromatic carbocycles. The average Bonchev–Trinajstić information content (AvgIpc) is 3.12. The van der Waals surface area contributed by atoms with Crippen molar-refractivity contribution in [2.24, 2.45) is 0 Å². The first-order valence-electron chi connectivity index (χ1n) is 8.44. The summed E-state index contributed by atoms with van der Waals surface area (Å²) in [6.07, 6.45) is 0. The Morgan fingerprint density at radius 2 is 2.00 bits per heavy atom. The van der Waals surface area contributed by atoms with Crippen molar-refractivity contribution in [2.45, 2.75) is 24.3 Å². The highest BCUT2D eigenvalue weighted by Crippen LogP contribution is 2.25. The summed E-state index contributed by atoms with van der Waals surface area (Å²) in [5.41, 5.74) is 1.02. The number of carbonyl (C=O) groups excluding carboxylic acids is 1. The maximum Gasteiger partial charge on any atom is 0.237 e. The highest BCUT2D eigenvalue weighted by Gasteiger charge is 2.18. The van der Waals surface area contributed by atoms with Gasteiger partial charge in [0.25, 0.3) is 0 Å². The van der Waals surface area contributed by atoms with Crippen LogP contribution in [-0.2, 0) is 4.79 Å². The molecule has 1 amide bonds. The molecule has 0 aliphatic carbocycles. The summed E-state index contributed by atoms with van der Waals surface area (Å²) >= 11 is 1.19. The van der Waals surface area contributed by atoms with Crippen molar-refractivity contribution in [3.63, 3.8) is 0 Å². The number of anilines is 1. The van der Waals surface area contributed by atoms with E-state index in [0.717, 1.165) is 5.75 Å². The second kappa shape index (κ2) is 8.68. The zero-order chi connectivity index (χ0) is 19.2. The van der Waals surface area contributed by atoms with Gasteiger partial charge in [0, 0.05) is 5.69 Å². The molecule has 3 rings (SSSR count). The number of nitrogens with one attached hydrogen (secondary N) is 2. The number of hydrogen-bond donors (Lipinski definition) is 2. The molecule has 1 aromatic heterocycles. The summed E-state index contributed by atoms with van der Waals surface area (Å²) in [6.45, 7) is 4.26. The summed E-state index contributed by atoms with van der Waals surface area (Å²) in [4.78, 5) is 16.6. The number of aromatic nitrogens is 3. The molecule has 0 radical (unpaired) electrons. The minimum absolute atomic E-state index is 0.179. The van der Waals surface area contributed by atoms with Crippen LogP contribution < -0.4 is 10.1 Å². The summed E-state index contributed by atoms with van der Waals surface area (Å²) in [5.74, 6) is 0.516. The number of aromatic amines is 1. The number of rotatable bonds is 7. The van der Waals surface area contributed by atoms with E-state index >= 15 is 0 Å². The Labute approximate surface area is 160 Å². The van der Waals surface area contributed by atoms with E-state index in [9.17, 15) is 9.18 Å². The predicted molar refractivity (Wildman–Crippen MR) is 103 cm³/mol. The van der Waals surface area contributed by atoms with E-state index in [1.54, 1.807) is 49.4 Å². The van der Waals surface area contributed by atoms with E-state index < -0.39 is 5.25 Å². The van der Waals surface area contributed by atoms with Gasteiger partial charge >= 0.3 is 0 Å². The van der Waals surface area contributed by atoms with Crippen LogP contribution in [0.15, 0.2) is 53.7 Å². The summed E-state index contributed by atoms with van der Waals surface area (Å²) in [6, 6.07) is 13.5. The third-order valence-corrected chi connectivity index (χ3v) is 4.64. The van der Waals surface area contributed by atoms with Gasteiger partial charge in [0.1, 0.15) is 11.6 Å². The van der Waals surface area contributed by atoms with Crippen molar-refractivity contribution < 1.29 is 13.9 Å². The molecule has 6 nitrogen and oxygen atoms in total. The molecule has 2 N–H and O–H groups in total. The van der Waals surface area contributed by atoms with Gasteiger partial charge in [-0.2, -0.15) is 0 Å². The van der Waals surface area contributed by atoms with Crippen LogP contribution in [0.3, 0.4) is 0 Å². The van der Waals surface area contributed by atoms with Gasteiger partial charge < -0.3 is 10.1 Å². The Morgan fingerprint density at radius 3 is 2.70 bits per heavy atom. The van der Waals surface area contributed by atoms with Crippen LogP contribution in [0.25, 0.3) is 11.4 Å². The van der Waals surface area contributed by atoms with Crippen molar-refractivity contribution in [1.82, 2.24) is 15.2 Å². The van der Waals surface area contributed by atoms with Crippen molar-refractivity contribution in [2.75, 3.05) is 11.9 Å². The summed E-state index contributed by atoms with van der Waals surface area (Å²) in [7, 11) is 0. The summed E-state index contributed by atoms with van der Waals surface area (Å²) < 4.78 is 19.2. The van der Waals surface area contributed by atoms with Gasteiger partial charge in [0.05, 0.1) is 17.4 Å². The highest BCUT2D eigenvalue weighted by atomic mass is 32.2. The first-order chi connectivity index (χ1) is 13.1. The molecule has 1 unspecified atom stereocenters. The number of nitrogens with zero attached hydrogens (tertiary/aromatic N) is 2. The van der Waals surface area contributed by atoms with Crippen molar-refractivity contribution in [3.8, 4) is 17.1 Å². The van der Waals surface area contributed by atoms with Gasteiger partial charge in [-0.15, -0.1) is 5.10 Å². The molecule has 3 aromatic rings. The molecule has 0 aliphatic heterocycles. The topological polar surface area (TPSA) is 79.9 Å². The highest BCUT2D eigenvalue weighted by molar-refractivity contribution is 8.00. The Morgan fingerprint density at radius 1 is 1.26 bits per heavy atom. The third kappa shape index (κ3) is 4.85. The number of amides is 1. The SMILES string of the molecule is CCOc1ccc(NC(=O)C(C)Sc2n[nH]c(-c3ccccc3F)n2)cc1. The Bertz CT molecular complexity index is 914. The molecule has 1 atom stereocenters. The van der Waals surface area contributed by atoms with Crippen molar-refractivity contribution in [3.05, 3.63) is 54.3 Å². The van der Waals surface area contributed by atoms with E-state index in [1.165, 1.54) is 17.8 Å². The maximum atomic E-state index is 13.8. The van der Waals surface area contributed by atoms with Crippen LogP contribution in [0, 0.1) is 5.82 Å². The van der Waals surface area contributed by atoms with Crippen LogP contribution >= 0.6 is 11.8 Å². The molecule has 0 bridgehead atoms. The number of halogens is 1. The molecule has 0 spiro atoms. The quantitative estimate of drug-likeness (QED) is 0.597. The number of hydrogen-bond acceptors (Lipinski definition) is 5. The number of thioether (sulfide) groups is 1. The van der Waals surface area contributed by atoms with Crippen LogP contribution in [-0.4, -0.2) is 32.9 Å². The first kappa shape index (κ1) is 18.9. The second-order valence-electron chi connectivity index (χ2n) is 5.65. The lowest BCUT2D eigenvalue weighted by atomic mass is 10.2. The molecular formula is C19H19FN4O2S. The van der Waals surface area contributed by atoms with Gasteiger partial charge in [0.2, 0.25) is 11.1 Å². The largest absolute Gasteiger partial charge is 0.494 e. The molecule has 0 saturated heterocycles. The first-order valence-corrected chi connectivity index (χ1v) is 9.32. The number of ether oxygens (including phenoxy) is 1. The fraction of sp³-hybridized carbons (Fsp3) is 0.211. The van der Waals surface area contributed by atoms with Crippen LogP contribution in [0.2, 0.25) is 0 Å². The van der Waals surface area contributed by atoms with Crippen LogP contribution in [0.5, 0.6) is 5.75 Å². The molecule has 0 aliphatic rings. The van der Waals surface area contributed by atoms with Gasteiger partial charge in [-0.1, -0.05) is 23.9 Å². The number of carbonyl (C=O) groups is 1. The lowest BCUT2D eigenvalue weighted by molar-refractivity contribution is -0.115. The van der Waals surface area contributed by atoms with Crippen molar-refractivity contribution in [1.29, 1.82) is 0 Å². The lowest BCUT2D eigenvalue weighted by Crippen LogP contribution is -2.22. The Kier molecular flexibility index (Phi) is 6.08. The zero-order valence-electron chi connectivity index (χ0n) is 14.9. The van der Waals surface area contributed by atoms with Crippen LogP contribution in [0.1, 0.15) is 13.8 Å². The maximum absolute atomic E-state index is 13.8. The minimum atomic E-state index is -0.430. The lowest BCUT2D eigenvalue weighted by Gasteiger charge is -2.10. The van der Waals surface area contributed by atoms with E-state index in [4.69, 9.17) is 4.74 Å².